The summed E-state index contributed by atoms with van der Waals surface area (Å²) in [6.07, 6.45) is 2.55. The van der Waals surface area contributed by atoms with Gasteiger partial charge in [-0.25, -0.2) is 0 Å². The van der Waals surface area contributed by atoms with Crippen LogP contribution in [0.5, 0.6) is 0 Å². The second-order valence-corrected chi connectivity index (χ2v) is 3.74. The third-order valence-corrected chi connectivity index (χ3v) is 2.47. The molecule has 0 fully saturated rings. The zero-order valence-corrected chi connectivity index (χ0v) is 9.69. The zero-order chi connectivity index (χ0) is 11.9. The monoisotopic (exact) mass is 218 g/mol. The standard InChI is InChI=1S/C17H14/c1-2-3-5-8-15-11-13-17(14-12-15)16-9-6-4-7-10-16/h2,4,6-7,9-14H,1,3H2. The summed E-state index contributed by atoms with van der Waals surface area (Å²) in [5.74, 6) is 6.15. The van der Waals surface area contributed by atoms with E-state index in [1.54, 1.807) is 0 Å². The Morgan fingerprint density at radius 1 is 0.882 bits per heavy atom. The summed E-state index contributed by atoms with van der Waals surface area (Å²) in [7, 11) is 0. The smallest absolute Gasteiger partial charge is 0.0270 e. The van der Waals surface area contributed by atoms with E-state index in [9.17, 15) is 0 Å². The molecular weight excluding hydrogens is 204 g/mol. The first-order valence-corrected chi connectivity index (χ1v) is 5.65. The van der Waals surface area contributed by atoms with Crippen molar-refractivity contribution in [2.24, 2.45) is 0 Å². The van der Waals surface area contributed by atoms with Crippen LogP contribution in [0.1, 0.15) is 12.0 Å². The second kappa shape index (κ2) is 5.72. The molecule has 0 atom stereocenters. The first kappa shape index (κ1) is 11.2. The highest BCUT2D eigenvalue weighted by molar-refractivity contribution is 5.64. The van der Waals surface area contributed by atoms with Gasteiger partial charge in [0.25, 0.3) is 0 Å². The van der Waals surface area contributed by atoms with E-state index in [1.807, 2.05) is 24.3 Å². The quantitative estimate of drug-likeness (QED) is 0.521. The Bertz CT molecular complexity index is 536. The largest absolute Gasteiger partial charge is 0.102 e. The van der Waals surface area contributed by atoms with Crippen molar-refractivity contribution in [1.82, 2.24) is 0 Å². The summed E-state index contributed by atoms with van der Waals surface area (Å²) in [6.45, 7) is 3.64. The molecule has 0 aliphatic rings. The van der Waals surface area contributed by atoms with Crippen molar-refractivity contribution in [3.05, 3.63) is 72.8 Å². The van der Waals surface area contributed by atoms with Crippen LogP contribution in [0.25, 0.3) is 11.1 Å². The van der Waals surface area contributed by atoms with E-state index >= 15 is 0 Å². The highest BCUT2D eigenvalue weighted by Gasteiger charge is 1.95. The van der Waals surface area contributed by atoms with Crippen molar-refractivity contribution in [2.75, 3.05) is 0 Å². The van der Waals surface area contributed by atoms with Crippen molar-refractivity contribution < 1.29 is 0 Å². The van der Waals surface area contributed by atoms with Gasteiger partial charge in [0.05, 0.1) is 0 Å². The minimum absolute atomic E-state index is 0.737. The molecule has 0 aromatic heterocycles. The van der Waals surface area contributed by atoms with E-state index in [0.717, 1.165) is 12.0 Å². The molecule has 0 heterocycles. The molecule has 0 bridgehead atoms. The van der Waals surface area contributed by atoms with Crippen LogP contribution in [0.15, 0.2) is 67.3 Å². The Kier molecular flexibility index (Phi) is 3.78. The lowest BCUT2D eigenvalue weighted by molar-refractivity contribution is 1.48. The zero-order valence-electron chi connectivity index (χ0n) is 9.69. The lowest BCUT2D eigenvalue weighted by Crippen LogP contribution is -1.78. The molecule has 0 amide bonds. The van der Waals surface area contributed by atoms with Crippen LogP contribution >= 0.6 is 0 Å². The molecule has 17 heavy (non-hydrogen) atoms. The van der Waals surface area contributed by atoms with Crippen LogP contribution < -0.4 is 0 Å². The molecule has 2 aromatic carbocycles. The Hall–Kier alpha value is -2.26. The number of hydrogen-bond acceptors (Lipinski definition) is 0. The van der Waals surface area contributed by atoms with Crippen LogP contribution in [0.2, 0.25) is 0 Å². The molecule has 0 spiro atoms. The first-order valence-electron chi connectivity index (χ1n) is 5.65. The second-order valence-electron chi connectivity index (χ2n) is 3.74. The molecule has 0 aliphatic heterocycles. The summed E-state index contributed by atoms with van der Waals surface area (Å²) in [5.41, 5.74) is 3.50. The van der Waals surface area contributed by atoms with Gasteiger partial charge in [-0.15, -0.1) is 6.58 Å². The average Bonchev–Trinajstić information content (AvgIpc) is 2.41. The third-order valence-electron chi connectivity index (χ3n) is 2.47. The van der Waals surface area contributed by atoms with Gasteiger partial charge in [0, 0.05) is 12.0 Å². The summed E-state index contributed by atoms with van der Waals surface area (Å²) < 4.78 is 0. The number of hydrogen-bond donors (Lipinski definition) is 0. The van der Waals surface area contributed by atoms with Crippen molar-refractivity contribution in [3.63, 3.8) is 0 Å². The lowest BCUT2D eigenvalue weighted by atomic mass is 10.0. The van der Waals surface area contributed by atoms with Crippen LogP contribution in [0.4, 0.5) is 0 Å². The predicted octanol–water partition coefficient (Wildman–Crippen LogP) is 4.28. The van der Waals surface area contributed by atoms with E-state index in [4.69, 9.17) is 0 Å². The van der Waals surface area contributed by atoms with Crippen LogP contribution in [-0.4, -0.2) is 0 Å². The molecule has 0 radical (unpaired) electrons. The van der Waals surface area contributed by atoms with Crippen molar-refractivity contribution in [1.29, 1.82) is 0 Å². The fourth-order valence-electron chi connectivity index (χ4n) is 1.60. The molecule has 0 unspecified atom stereocenters. The Morgan fingerprint density at radius 2 is 1.53 bits per heavy atom. The normalized spacial score (nSPS) is 9.18. The first-order chi connectivity index (χ1) is 8.40. The van der Waals surface area contributed by atoms with Gasteiger partial charge in [0.2, 0.25) is 0 Å². The minimum Gasteiger partial charge on any atom is -0.102 e. The SMILES string of the molecule is C=CCC#Cc1ccc(-c2ccccc2)cc1. The highest BCUT2D eigenvalue weighted by Crippen LogP contribution is 2.18. The molecule has 0 N–H and O–H groups in total. The van der Waals surface area contributed by atoms with Gasteiger partial charge in [0.15, 0.2) is 0 Å². The minimum atomic E-state index is 0.737. The molecule has 0 aliphatic carbocycles. The Labute approximate surface area is 103 Å². The van der Waals surface area contributed by atoms with Gasteiger partial charge in [0.1, 0.15) is 0 Å². The summed E-state index contributed by atoms with van der Waals surface area (Å²) >= 11 is 0. The van der Waals surface area contributed by atoms with E-state index in [1.165, 1.54) is 11.1 Å². The van der Waals surface area contributed by atoms with E-state index < -0.39 is 0 Å². The maximum atomic E-state index is 3.64. The topological polar surface area (TPSA) is 0 Å². The van der Waals surface area contributed by atoms with Crippen molar-refractivity contribution in [2.45, 2.75) is 6.42 Å². The van der Waals surface area contributed by atoms with Gasteiger partial charge in [-0.1, -0.05) is 60.4 Å². The van der Waals surface area contributed by atoms with Crippen molar-refractivity contribution in [3.8, 4) is 23.0 Å². The van der Waals surface area contributed by atoms with Gasteiger partial charge < -0.3 is 0 Å². The molecule has 2 aromatic rings. The van der Waals surface area contributed by atoms with Gasteiger partial charge >= 0.3 is 0 Å². The molecule has 0 saturated heterocycles. The number of allylic oxidation sites excluding steroid dienone is 1. The fourth-order valence-corrected chi connectivity index (χ4v) is 1.60. The molecule has 82 valence electrons. The molecule has 0 saturated carbocycles. The van der Waals surface area contributed by atoms with Crippen LogP contribution in [0, 0.1) is 11.8 Å². The lowest BCUT2D eigenvalue weighted by Gasteiger charge is -2.00. The van der Waals surface area contributed by atoms with Gasteiger partial charge in [-0.3, -0.25) is 0 Å². The predicted molar refractivity (Wildman–Crippen MR) is 73.6 cm³/mol. The van der Waals surface area contributed by atoms with Gasteiger partial charge in [-0.2, -0.15) is 0 Å². The average molecular weight is 218 g/mol. The van der Waals surface area contributed by atoms with Crippen LogP contribution in [-0.2, 0) is 0 Å². The molecule has 2 rings (SSSR count). The number of rotatable bonds is 2. The van der Waals surface area contributed by atoms with E-state index in [0.29, 0.717) is 0 Å². The highest BCUT2D eigenvalue weighted by atomic mass is 14.0. The van der Waals surface area contributed by atoms with E-state index in [2.05, 4.69) is 54.8 Å². The third kappa shape index (κ3) is 3.09. The van der Waals surface area contributed by atoms with Crippen LogP contribution in [0.3, 0.4) is 0 Å². The molecule has 0 nitrogen and oxygen atoms in total. The summed E-state index contributed by atoms with van der Waals surface area (Å²) in [4.78, 5) is 0. The number of benzene rings is 2. The maximum Gasteiger partial charge on any atom is 0.0270 e. The molecular formula is C17H14. The fraction of sp³-hybridized carbons (Fsp3) is 0.0588. The van der Waals surface area contributed by atoms with Gasteiger partial charge in [-0.05, 0) is 23.3 Å². The summed E-state index contributed by atoms with van der Waals surface area (Å²) in [5, 5.41) is 0. The maximum absolute atomic E-state index is 3.64. The molecule has 0 heteroatoms. The Morgan fingerprint density at radius 3 is 2.18 bits per heavy atom. The van der Waals surface area contributed by atoms with Crippen molar-refractivity contribution >= 4 is 0 Å². The summed E-state index contributed by atoms with van der Waals surface area (Å²) in [6, 6.07) is 18.7. The van der Waals surface area contributed by atoms with E-state index in [-0.39, 0.29) is 0 Å². The Balaban J connectivity index is 2.20.